The van der Waals surface area contributed by atoms with Crippen LogP contribution < -0.4 is 10.6 Å². The van der Waals surface area contributed by atoms with E-state index in [4.69, 9.17) is 0 Å². The average Bonchev–Trinajstić information content (AvgIpc) is 3.26. The van der Waals surface area contributed by atoms with Gasteiger partial charge in [0.2, 0.25) is 0 Å². The van der Waals surface area contributed by atoms with Crippen LogP contribution in [0.4, 0.5) is 5.69 Å². The monoisotopic (exact) mass is 357 g/mol. The summed E-state index contributed by atoms with van der Waals surface area (Å²) in [5.74, 6) is 0.529. The maximum absolute atomic E-state index is 12.9. The molecule has 1 aliphatic carbocycles. The molecule has 0 spiro atoms. The summed E-state index contributed by atoms with van der Waals surface area (Å²) in [6, 6.07) is 5.65. The molecule has 5 heteroatoms. The maximum Gasteiger partial charge on any atom is 0.255 e. The van der Waals surface area contributed by atoms with Crippen molar-refractivity contribution in [3.63, 3.8) is 0 Å². The number of rotatable bonds is 6. The van der Waals surface area contributed by atoms with Crippen molar-refractivity contribution in [2.45, 2.75) is 57.9 Å². The largest absolute Gasteiger partial charge is 0.365 e. The van der Waals surface area contributed by atoms with Crippen LogP contribution in [-0.2, 0) is 4.79 Å². The lowest BCUT2D eigenvalue weighted by atomic mass is 10.0. The molecule has 1 fully saturated rings. The van der Waals surface area contributed by atoms with E-state index in [1.165, 1.54) is 0 Å². The highest BCUT2D eigenvalue weighted by Crippen LogP contribution is 2.36. The highest BCUT2D eigenvalue weighted by atomic mass is 32.1. The number of hydrogen-bond donors (Lipinski definition) is 3. The van der Waals surface area contributed by atoms with E-state index in [0.29, 0.717) is 11.4 Å². The number of aryl methyl sites for hydroxylation is 1. The highest BCUT2D eigenvalue weighted by Gasteiger charge is 2.38. The molecule has 4 nitrogen and oxygen atoms in total. The van der Waals surface area contributed by atoms with Gasteiger partial charge < -0.3 is 10.6 Å². The summed E-state index contributed by atoms with van der Waals surface area (Å²) >= 11 is 4.37. The summed E-state index contributed by atoms with van der Waals surface area (Å²) in [6.45, 7) is 13.5. The Kier molecular flexibility index (Phi) is 5.78. The Morgan fingerprint density at radius 2 is 1.92 bits per heavy atom. The van der Waals surface area contributed by atoms with Crippen LogP contribution in [-0.4, -0.2) is 18.2 Å². The summed E-state index contributed by atoms with van der Waals surface area (Å²) in [4.78, 5) is 17.9. The van der Waals surface area contributed by atoms with Crippen LogP contribution in [0.15, 0.2) is 50.6 Å². The minimum atomic E-state index is -0.146. The number of thiol groups is 1. The predicted octanol–water partition coefficient (Wildman–Crippen LogP) is 4.63. The van der Waals surface area contributed by atoms with Gasteiger partial charge >= 0.3 is 0 Å². The zero-order chi connectivity index (χ0) is 18.8. The first-order valence-corrected chi connectivity index (χ1v) is 8.86. The first-order valence-electron chi connectivity index (χ1n) is 8.41. The molecule has 0 heterocycles. The molecule has 0 saturated heterocycles. The van der Waals surface area contributed by atoms with Crippen molar-refractivity contribution in [2.75, 3.05) is 5.32 Å². The molecule has 1 aromatic carbocycles. The van der Waals surface area contributed by atoms with Gasteiger partial charge in [0.1, 0.15) is 5.82 Å². The van der Waals surface area contributed by atoms with Gasteiger partial charge in [0.25, 0.3) is 5.91 Å². The number of carbonyl (C=O) groups excluding carboxylic acids is 1. The summed E-state index contributed by atoms with van der Waals surface area (Å²) in [5, 5.41) is 6.39. The Hall–Kier alpha value is -2.01. The van der Waals surface area contributed by atoms with E-state index in [1.54, 1.807) is 0 Å². The fourth-order valence-electron chi connectivity index (χ4n) is 2.67. The smallest absolute Gasteiger partial charge is 0.255 e. The minimum Gasteiger partial charge on any atom is -0.365 e. The fourth-order valence-corrected chi connectivity index (χ4v) is 2.81. The molecule has 1 aromatic rings. The van der Waals surface area contributed by atoms with Crippen LogP contribution in [0.3, 0.4) is 0 Å². The van der Waals surface area contributed by atoms with E-state index in [-0.39, 0.29) is 11.4 Å². The minimum absolute atomic E-state index is 0.0700. The molecular weight excluding hydrogens is 330 g/mol. The molecule has 25 heavy (non-hydrogen) atoms. The molecular formula is C20H27N3OS. The normalized spacial score (nSPS) is 15.8. The molecule has 0 aliphatic heterocycles. The van der Waals surface area contributed by atoms with Crippen LogP contribution in [0.1, 0.15) is 46.1 Å². The van der Waals surface area contributed by atoms with Crippen molar-refractivity contribution in [2.24, 2.45) is 4.99 Å². The van der Waals surface area contributed by atoms with Crippen LogP contribution >= 0.6 is 12.6 Å². The van der Waals surface area contributed by atoms with Crippen molar-refractivity contribution in [1.29, 1.82) is 0 Å². The molecule has 0 bridgehead atoms. The van der Waals surface area contributed by atoms with Gasteiger partial charge in [-0.3, -0.25) is 4.79 Å². The first kappa shape index (κ1) is 19.3. The number of amides is 1. The van der Waals surface area contributed by atoms with E-state index < -0.39 is 0 Å². The molecule has 0 atom stereocenters. The van der Waals surface area contributed by atoms with E-state index in [0.717, 1.165) is 40.1 Å². The molecule has 0 aromatic heterocycles. The van der Waals surface area contributed by atoms with Gasteiger partial charge in [-0.25, -0.2) is 4.99 Å². The quantitative estimate of drug-likeness (QED) is 0.301. The molecule has 0 unspecified atom stereocenters. The molecule has 0 radical (unpaired) electrons. The Morgan fingerprint density at radius 1 is 1.28 bits per heavy atom. The zero-order valence-electron chi connectivity index (χ0n) is 15.7. The van der Waals surface area contributed by atoms with Crippen LogP contribution in [0, 0.1) is 6.92 Å². The SMILES string of the molecule is C=N/C(NC1(C)CC1)=C(\C)C(C(=O)Nc1ccc(S)c(C)c1)=C(C)C. The van der Waals surface area contributed by atoms with Crippen LogP contribution in [0.5, 0.6) is 0 Å². The maximum atomic E-state index is 12.9. The third-order valence-electron chi connectivity index (χ3n) is 4.49. The van der Waals surface area contributed by atoms with Gasteiger partial charge in [-0.2, -0.15) is 0 Å². The number of aliphatic imine (C=N–C) groups is 1. The van der Waals surface area contributed by atoms with Crippen molar-refractivity contribution in [3.8, 4) is 0 Å². The summed E-state index contributed by atoms with van der Waals surface area (Å²) < 4.78 is 0. The second kappa shape index (κ2) is 7.48. The third kappa shape index (κ3) is 4.75. The molecule has 2 rings (SSSR count). The van der Waals surface area contributed by atoms with Crippen LogP contribution in [0.2, 0.25) is 0 Å². The number of anilines is 1. The Morgan fingerprint density at radius 3 is 2.40 bits per heavy atom. The van der Waals surface area contributed by atoms with Crippen LogP contribution in [0.25, 0.3) is 0 Å². The summed E-state index contributed by atoms with van der Waals surface area (Å²) in [7, 11) is 0. The van der Waals surface area contributed by atoms with Gasteiger partial charge in [-0.15, -0.1) is 12.6 Å². The molecule has 1 amide bonds. The van der Waals surface area contributed by atoms with Gasteiger partial charge in [-0.05, 0) is 77.9 Å². The molecule has 1 saturated carbocycles. The Balaban J connectivity index is 2.30. The zero-order valence-corrected chi connectivity index (χ0v) is 16.6. The lowest BCUT2D eigenvalue weighted by Crippen LogP contribution is -2.28. The fraction of sp³-hybridized carbons (Fsp3) is 0.400. The van der Waals surface area contributed by atoms with Crippen molar-refractivity contribution >= 4 is 30.9 Å². The second-order valence-corrected chi connectivity index (χ2v) is 7.63. The third-order valence-corrected chi connectivity index (χ3v) is 4.99. The number of allylic oxidation sites excluding steroid dienone is 1. The molecule has 1 aliphatic rings. The van der Waals surface area contributed by atoms with E-state index >= 15 is 0 Å². The lowest BCUT2D eigenvalue weighted by molar-refractivity contribution is -0.112. The van der Waals surface area contributed by atoms with Crippen molar-refractivity contribution in [3.05, 3.63) is 46.3 Å². The Bertz CT molecular complexity index is 769. The van der Waals surface area contributed by atoms with Gasteiger partial charge in [0.05, 0.1) is 0 Å². The lowest BCUT2D eigenvalue weighted by Gasteiger charge is -2.18. The standard InChI is InChI=1S/C20H27N3OS/c1-12(2)17(14(4)18(21-6)23-20(5)9-10-20)19(24)22-15-7-8-16(25)13(3)11-15/h7-8,11,23,25H,6,9-10H2,1-5H3,(H,22,24)/b18-14-. The highest BCUT2D eigenvalue weighted by molar-refractivity contribution is 7.80. The molecule has 2 N–H and O–H groups in total. The number of nitrogens with one attached hydrogen (secondary N) is 2. The number of carbonyl (C=O) groups is 1. The number of nitrogens with zero attached hydrogens (tertiary/aromatic N) is 1. The van der Waals surface area contributed by atoms with Crippen molar-refractivity contribution < 1.29 is 4.79 Å². The summed E-state index contributed by atoms with van der Waals surface area (Å²) in [5.41, 5.74) is 4.21. The number of hydrogen-bond acceptors (Lipinski definition) is 4. The second-order valence-electron chi connectivity index (χ2n) is 7.15. The van der Waals surface area contributed by atoms with Crippen molar-refractivity contribution in [1.82, 2.24) is 5.32 Å². The average molecular weight is 358 g/mol. The van der Waals surface area contributed by atoms with E-state index in [9.17, 15) is 4.79 Å². The number of benzene rings is 1. The molecule has 134 valence electrons. The van der Waals surface area contributed by atoms with Gasteiger partial charge in [-0.1, -0.05) is 5.57 Å². The van der Waals surface area contributed by atoms with E-state index in [2.05, 4.69) is 41.9 Å². The van der Waals surface area contributed by atoms with Gasteiger partial charge in [0.15, 0.2) is 0 Å². The Labute approximate surface area is 155 Å². The van der Waals surface area contributed by atoms with Gasteiger partial charge in [0, 0.05) is 27.3 Å². The first-order chi connectivity index (χ1) is 11.7. The predicted molar refractivity (Wildman–Crippen MR) is 108 cm³/mol. The summed E-state index contributed by atoms with van der Waals surface area (Å²) in [6.07, 6.45) is 2.20. The topological polar surface area (TPSA) is 53.5 Å². The van der Waals surface area contributed by atoms with E-state index in [1.807, 2.05) is 45.9 Å².